The highest BCUT2D eigenvalue weighted by molar-refractivity contribution is 5.94. The molecule has 1 aromatic heterocycles. The summed E-state index contributed by atoms with van der Waals surface area (Å²) in [6, 6.07) is 3.38. The summed E-state index contributed by atoms with van der Waals surface area (Å²) in [6.45, 7) is 2.85. The van der Waals surface area contributed by atoms with Crippen LogP contribution in [0.3, 0.4) is 0 Å². The maximum Gasteiger partial charge on any atom is 0.258 e. The number of likely N-dealkylation sites (tertiary alicyclic amines) is 1. The van der Waals surface area contributed by atoms with E-state index in [1.165, 1.54) is 12.3 Å². The van der Waals surface area contributed by atoms with Gasteiger partial charge in [-0.1, -0.05) is 13.3 Å². The first-order valence-corrected chi connectivity index (χ1v) is 6.65. The summed E-state index contributed by atoms with van der Waals surface area (Å²) in [4.78, 5) is 17.7. The summed E-state index contributed by atoms with van der Waals surface area (Å²) in [5.41, 5.74) is 0.0977. The van der Waals surface area contributed by atoms with Gasteiger partial charge in [0.2, 0.25) is 5.95 Å². The number of piperidine rings is 1. The number of carbonyl (C=O) groups is 1. The molecule has 1 atom stereocenters. The lowest BCUT2D eigenvalue weighted by Crippen LogP contribution is -2.44. The van der Waals surface area contributed by atoms with Crippen LogP contribution in [0.4, 0.5) is 4.39 Å². The van der Waals surface area contributed by atoms with Crippen LogP contribution < -0.4 is 0 Å². The molecule has 0 saturated carbocycles. The molecule has 3 nitrogen and oxygen atoms in total. The monoisotopic (exact) mass is 250 g/mol. The molecule has 0 radical (unpaired) electrons. The second-order valence-electron chi connectivity index (χ2n) is 4.78. The van der Waals surface area contributed by atoms with Gasteiger partial charge in [0.15, 0.2) is 0 Å². The SMILES string of the molecule is CCCC1CCCCN1C(=O)c1cccnc1F. The minimum atomic E-state index is -0.664. The number of aromatic nitrogens is 1. The fourth-order valence-electron chi connectivity index (χ4n) is 2.60. The van der Waals surface area contributed by atoms with Crippen molar-refractivity contribution in [2.24, 2.45) is 0 Å². The number of hydrogen-bond donors (Lipinski definition) is 0. The van der Waals surface area contributed by atoms with Crippen molar-refractivity contribution >= 4 is 5.91 Å². The van der Waals surface area contributed by atoms with Crippen LogP contribution in [0, 0.1) is 5.95 Å². The van der Waals surface area contributed by atoms with Crippen molar-refractivity contribution in [3.8, 4) is 0 Å². The van der Waals surface area contributed by atoms with E-state index in [1.54, 1.807) is 6.07 Å². The number of nitrogens with zero attached hydrogens (tertiary/aromatic N) is 2. The van der Waals surface area contributed by atoms with Crippen LogP contribution in [-0.2, 0) is 0 Å². The highest BCUT2D eigenvalue weighted by Gasteiger charge is 2.28. The van der Waals surface area contributed by atoms with Crippen molar-refractivity contribution in [3.63, 3.8) is 0 Å². The number of halogens is 1. The van der Waals surface area contributed by atoms with E-state index in [0.717, 1.165) is 38.6 Å². The predicted octanol–water partition coefficient (Wildman–Crippen LogP) is 3.02. The Hall–Kier alpha value is -1.45. The van der Waals surface area contributed by atoms with Crippen molar-refractivity contribution in [1.82, 2.24) is 9.88 Å². The number of pyridine rings is 1. The lowest BCUT2D eigenvalue weighted by molar-refractivity contribution is 0.0595. The van der Waals surface area contributed by atoms with Crippen LogP contribution >= 0.6 is 0 Å². The summed E-state index contributed by atoms with van der Waals surface area (Å²) in [6.07, 6.45) is 6.60. The Morgan fingerprint density at radius 2 is 2.39 bits per heavy atom. The van der Waals surface area contributed by atoms with Crippen LogP contribution in [0.2, 0.25) is 0 Å². The second kappa shape index (κ2) is 5.94. The first-order valence-electron chi connectivity index (χ1n) is 6.65. The summed E-state index contributed by atoms with van der Waals surface area (Å²) >= 11 is 0. The van der Waals surface area contributed by atoms with Gasteiger partial charge in [-0.05, 0) is 37.8 Å². The number of hydrogen-bond acceptors (Lipinski definition) is 2. The van der Waals surface area contributed by atoms with E-state index >= 15 is 0 Å². The van der Waals surface area contributed by atoms with Gasteiger partial charge in [0, 0.05) is 18.8 Å². The Morgan fingerprint density at radius 1 is 1.56 bits per heavy atom. The molecular formula is C14H19FN2O. The number of carbonyl (C=O) groups excluding carboxylic acids is 1. The Kier molecular flexibility index (Phi) is 4.28. The molecule has 1 fully saturated rings. The molecule has 4 heteroatoms. The predicted molar refractivity (Wildman–Crippen MR) is 67.8 cm³/mol. The van der Waals surface area contributed by atoms with Crippen LogP contribution in [0.1, 0.15) is 49.4 Å². The minimum absolute atomic E-state index is 0.0977. The highest BCUT2D eigenvalue weighted by atomic mass is 19.1. The quantitative estimate of drug-likeness (QED) is 0.773. The van der Waals surface area contributed by atoms with Crippen molar-refractivity contribution in [2.45, 2.75) is 45.1 Å². The average molecular weight is 250 g/mol. The molecule has 1 amide bonds. The van der Waals surface area contributed by atoms with Gasteiger partial charge in [-0.3, -0.25) is 4.79 Å². The molecule has 1 aliphatic heterocycles. The molecular weight excluding hydrogens is 231 g/mol. The molecule has 98 valence electrons. The van der Waals surface area contributed by atoms with Gasteiger partial charge in [-0.2, -0.15) is 4.39 Å². The Labute approximate surface area is 107 Å². The van der Waals surface area contributed by atoms with Crippen molar-refractivity contribution in [2.75, 3.05) is 6.54 Å². The Morgan fingerprint density at radius 3 is 3.11 bits per heavy atom. The standard InChI is InChI=1S/C14H19FN2O/c1-2-6-11-7-3-4-10-17(11)14(18)12-8-5-9-16-13(12)15/h5,8-9,11H,2-4,6-7,10H2,1H3. The van der Waals surface area contributed by atoms with Crippen molar-refractivity contribution < 1.29 is 9.18 Å². The lowest BCUT2D eigenvalue weighted by atomic mass is 9.97. The Bertz CT molecular complexity index is 420. The Balaban J connectivity index is 2.18. The minimum Gasteiger partial charge on any atom is -0.336 e. The largest absolute Gasteiger partial charge is 0.336 e. The first kappa shape index (κ1) is 13.0. The molecule has 18 heavy (non-hydrogen) atoms. The third-order valence-electron chi connectivity index (χ3n) is 3.50. The lowest BCUT2D eigenvalue weighted by Gasteiger charge is -2.35. The third kappa shape index (κ3) is 2.68. The molecule has 1 aliphatic rings. The van der Waals surface area contributed by atoms with E-state index in [0.29, 0.717) is 0 Å². The summed E-state index contributed by atoms with van der Waals surface area (Å²) in [5.74, 6) is -0.873. The van der Waals surface area contributed by atoms with Crippen LogP contribution in [0.15, 0.2) is 18.3 Å². The van der Waals surface area contributed by atoms with Gasteiger partial charge in [0.05, 0.1) is 5.56 Å². The molecule has 0 aliphatic carbocycles. The molecule has 1 unspecified atom stereocenters. The maximum absolute atomic E-state index is 13.5. The van der Waals surface area contributed by atoms with E-state index in [2.05, 4.69) is 11.9 Å². The second-order valence-corrected chi connectivity index (χ2v) is 4.78. The van der Waals surface area contributed by atoms with Crippen LogP contribution in [0.25, 0.3) is 0 Å². The highest BCUT2D eigenvalue weighted by Crippen LogP contribution is 2.23. The summed E-state index contributed by atoms with van der Waals surface area (Å²) < 4.78 is 13.5. The van der Waals surface area contributed by atoms with E-state index in [4.69, 9.17) is 0 Å². The number of amides is 1. The topological polar surface area (TPSA) is 33.2 Å². The van der Waals surface area contributed by atoms with Gasteiger partial charge >= 0.3 is 0 Å². The van der Waals surface area contributed by atoms with Gasteiger partial charge in [0.1, 0.15) is 0 Å². The first-order chi connectivity index (χ1) is 8.74. The van der Waals surface area contributed by atoms with E-state index < -0.39 is 5.95 Å². The molecule has 1 aromatic rings. The zero-order valence-electron chi connectivity index (χ0n) is 10.7. The molecule has 0 bridgehead atoms. The van der Waals surface area contributed by atoms with Crippen LogP contribution in [0.5, 0.6) is 0 Å². The summed E-state index contributed by atoms with van der Waals surface area (Å²) in [7, 11) is 0. The normalized spacial score (nSPS) is 19.9. The fourth-order valence-corrected chi connectivity index (χ4v) is 2.60. The van der Waals surface area contributed by atoms with Crippen LogP contribution in [-0.4, -0.2) is 28.4 Å². The molecule has 2 heterocycles. The molecule has 2 rings (SSSR count). The molecule has 0 spiro atoms. The van der Waals surface area contributed by atoms with Crippen molar-refractivity contribution in [1.29, 1.82) is 0 Å². The molecule has 0 N–H and O–H groups in total. The van der Waals surface area contributed by atoms with Gasteiger partial charge < -0.3 is 4.90 Å². The third-order valence-corrected chi connectivity index (χ3v) is 3.50. The maximum atomic E-state index is 13.5. The summed E-state index contributed by atoms with van der Waals surface area (Å²) in [5, 5.41) is 0. The van der Waals surface area contributed by atoms with Crippen molar-refractivity contribution in [3.05, 3.63) is 29.8 Å². The zero-order chi connectivity index (χ0) is 13.0. The smallest absolute Gasteiger partial charge is 0.258 e. The number of rotatable bonds is 3. The van der Waals surface area contributed by atoms with E-state index in [9.17, 15) is 9.18 Å². The van der Waals surface area contributed by atoms with Gasteiger partial charge in [0.25, 0.3) is 5.91 Å². The fraction of sp³-hybridized carbons (Fsp3) is 0.571. The molecule has 1 saturated heterocycles. The molecule has 0 aromatic carbocycles. The van der Waals surface area contributed by atoms with Gasteiger partial charge in [-0.25, -0.2) is 4.98 Å². The average Bonchev–Trinajstić information content (AvgIpc) is 2.40. The van der Waals surface area contributed by atoms with Gasteiger partial charge in [-0.15, -0.1) is 0 Å². The zero-order valence-corrected chi connectivity index (χ0v) is 10.7. The van der Waals surface area contributed by atoms with E-state index in [1.807, 2.05) is 4.90 Å². The van der Waals surface area contributed by atoms with E-state index in [-0.39, 0.29) is 17.5 Å².